The Balaban J connectivity index is 2.03. The molecule has 6 nitrogen and oxygen atoms in total. The third kappa shape index (κ3) is 2.63. The van der Waals surface area contributed by atoms with Crippen molar-refractivity contribution in [3.05, 3.63) is 5.82 Å². The lowest BCUT2D eigenvalue weighted by Gasteiger charge is -2.33. The number of aryl methyl sites for hydroxylation is 1. The van der Waals surface area contributed by atoms with Gasteiger partial charge in [-0.3, -0.25) is 0 Å². The van der Waals surface area contributed by atoms with Gasteiger partial charge in [0.25, 0.3) is 0 Å². The van der Waals surface area contributed by atoms with E-state index in [0.29, 0.717) is 18.9 Å². The average Bonchev–Trinajstić information content (AvgIpc) is 2.89. The Labute approximate surface area is 101 Å². The molecule has 1 aromatic heterocycles. The number of nitrogens with zero attached hydrogens (tertiary/aromatic N) is 4. The molecule has 1 heterocycles. The Morgan fingerprint density at radius 2 is 2.18 bits per heavy atom. The number of hydrogen-bond donors (Lipinski definition) is 1. The van der Waals surface area contributed by atoms with E-state index in [1.165, 1.54) is 4.80 Å². The predicted molar refractivity (Wildman–Crippen MR) is 61.3 cm³/mol. The summed E-state index contributed by atoms with van der Waals surface area (Å²) >= 11 is 0. The van der Waals surface area contributed by atoms with E-state index in [2.05, 4.69) is 15.4 Å². The minimum atomic E-state index is -0.547. The number of rotatable bonds is 5. The molecule has 1 N–H and O–H groups in total. The zero-order valence-electron chi connectivity index (χ0n) is 10.5. The molecule has 1 aliphatic carbocycles. The molecular formula is C11H20N4O2. The summed E-state index contributed by atoms with van der Waals surface area (Å²) in [6.45, 7) is 2.60. The highest BCUT2D eigenvalue weighted by Gasteiger charge is 2.41. The molecule has 1 aromatic rings. The van der Waals surface area contributed by atoms with Crippen molar-refractivity contribution in [2.45, 2.75) is 50.7 Å². The molecule has 6 heteroatoms. The van der Waals surface area contributed by atoms with Crippen molar-refractivity contribution in [3.63, 3.8) is 0 Å². The summed E-state index contributed by atoms with van der Waals surface area (Å²) in [4.78, 5) is 1.41. The Kier molecular flexibility index (Phi) is 3.73. The van der Waals surface area contributed by atoms with Crippen LogP contribution in [0.2, 0.25) is 0 Å². The molecule has 0 bridgehead atoms. The van der Waals surface area contributed by atoms with Crippen LogP contribution in [0.15, 0.2) is 0 Å². The zero-order valence-corrected chi connectivity index (χ0v) is 10.5. The van der Waals surface area contributed by atoms with Crippen molar-refractivity contribution in [1.29, 1.82) is 0 Å². The van der Waals surface area contributed by atoms with Gasteiger partial charge in [-0.05, 0) is 25.0 Å². The summed E-state index contributed by atoms with van der Waals surface area (Å²) in [5.41, 5.74) is -0.395. The molecule has 0 aromatic carbocycles. The van der Waals surface area contributed by atoms with Crippen LogP contribution < -0.4 is 0 Å². The SMILES string of the molecule is CCOC1(C(O)Cc2nnn(C)n2)CCCC1. The van der Waals surface area contributed by atoms with E-state index in [1.807, 2.05) is 6.92 Å². The Morgan fingerprint density at radius 3 is 2.71 bits per heavy atom. The van der Waals surface area contributed by atoms with Crippen molar-refractivity contribution < 1.29 is 9.84 Å². The average molecular weight is 240 g/mol. The second-order valence-electron chi connectivity index (χ2n) is 4.62. The lowest BCUT2D eigenvalue weighted by molar-refractivity contribution is -0.116. The normalized spacial score (nSPS) is 20.6. The van der Waals surface area contributed by atoms with Gasteiger partial charge in [-0.15, -0.1) is 10.2 Å². The molecule has 17 heavy (non-hydrogen) atoms. The van der Waals surface area contributed by atoms with Gasteiger partial charge in [0.1, 0.15) is 0 Å². The van der Waals surface area contributed by atoms with Gasteiger partial charge >= 0.3 is 0 Å². The van der Waals surface area contributed by atoms with Crippen LogP contribution in [0.25, 0.3) is 0 Å². The smallest absolute Gasteiger partial charge is 0.177 e. The summed E-state index contributed by atoms with van der Waals surface area (Å²) in [7, 11) is 1.72. The van der Waals surface area contributed by atoms with Crippen LogP contribution in [0.4, 0.5) is 0 Å². The molecule has 2 rings (SSSR count). The first-order valence-corrected chi connectivity index (χ1v) is 6.21. The second kappa shape index (κ2) is 5.10. The van der Waals surface area contributed by atoms with Crippen LogP contribution in [0.3, 0.4) is 0 Å². The van der Waals surface area contributed by atoms with Gasteiger partial charge in [0.05, 0.1) is 18.8 Å². The van der Waals surface area contributed by atoms with Crippen molar-refractivity contribution in [3.8, 4) is 0 Å². The van der Waals surface area contributed by atoms with E-state index in [-0.39, 0.29) is 0 Å². The topological polar surface area (TPSA) is 73.1 Å². The third-order valence-electron chi connectivity index (χ3n) is 3.41. The van der Waals surface area contributed by atoms with Crippen LogP contribution in [-0.2, 0) is 18.2 Å². The van der Waals surface area contributed by atoms with Gasteiger partial charge in [-0.25, -0.2) is 0 Å². The summed E-state index contributed by atoms with van der Waals surface area (Å²) in [5.74, 6) is 0.575. The first-order chi connectivity index (χ1) is 8.16. The molecule has 0 radical (unpaired) electrons. The van der Waals surface area contributed by atoms with E-state index in [4.69, 9.17) is 4.74 Å². The van der Waals surface area contributed by atoms with E-state index in [1.54, 1.807) is 7.05 Å². The molecule has 1 unspecified atom stereocenters. The molecule has 0 aliphatic heterocycles. The van der Waals surface area contributed by atoms with Gasteiger partial charge in [0.15, 0.2) is 5.82 Å². The van der Waals surface area contributed by atoms with E-state index < -0.39 is 11.7 Å². The Bertz CT molecular complexity index is 360. The first kappa shape index (κ1) is 12.4. The number of ether oxygens (including phenoxy) is 1. The molecule has 0 spiro atoms. The third-order valence-corrected chi connectivity index (χ3v) is 3.41. The standard InChI is InChI=1S/C11H20N4O2/c1-3-17-11(6-4-5-7-11)9(16)8-10-12-14-15(2)13-10/h9,16H,3-8H2,1-2H3. The van der Waals surface area contributed by atoms with Gasteiger partial charge < -0.3 is 9.84 Å². The number of aromatic nitrogens is 4. The van der Waals surface area contributed by atoms with Crippen molar-refractivity contribution in [1.82, 2.24) is 20.2 Å². The molecule has 0 amide bonds. The minimum Gasteiger partial charge on any atom is -0.390 e. The van der Waals surface area contributed by atoms with Gasteiger partial charge in [-0.2, -0.15) is 4.80 Å². The molecular weight excluding hydrogens is 220 g/mol. The lowest BCUT2D eigenvalue weighted by Crippen LogP contribution is -2.44. The number of aliphatic hydroxyl groups is 1. The van der Waals surface area contributed by atoms with Crippen LogP contribution >= 0.6 is 0 Å². The van der Waals surface area contributed by atoms with Gasteiger partial charge in [0.2, 0.25) is 0 Å². The second-order valence-corrected chi connectivity index (χ2v) is 4.62. The van der Waals surface area contributed by atoms with Gasteiger partial charge in [0, 0.05) is 13.0 Å². The van der Waals surface area contributed by atoms with E-state index in [0.717, 1.165) is 25.7 Å². The van der Waals surface area contributed by atoms with E-state index in [9.17, 15) is 5.11 Å². The summed E-state index contributed by atoms with van der Waals surface area (Å²) in [6, 6.07) is 0. The number of aliphatic hydroxyl groups excluding tert-OH is 1. The fourth-order valence-corrected chi connectivity index (χ4v) is 2.60. The molecule has 0 saturated heterocycles. The summed E-state index contributed by atoms with van der Waals surface area (Å²) in [6.07, 6.45) is 3.93. The Morgan fingerprint density at radius 1 is 1.47 bits per heavy atom. The largest absolute Gasteiger partial charge is 0.390 e. The van der Waals surface area contributed by atoms with Crippen LogP contribution in [0.5, 0.6) is 0 Å². The van der Waals surface area contributed by atoms with Gasteiger partial charge in [-0.1, -0.05) is 12.8 Å². The quantitative estimate of drug-likeness (QED) is 0.809. The fraction of sp³-hybridized carbons (Fsp3) is 0.909. The fourth-order valence-electron chi connectivity index (χ4n) is 2.60. The van der Waals surface area contributed by atoms with Crippen LogP contribution in [-0.4, -0.2) is 43.6 Å². The number of tetrazole rings is 1. The van der Waals surface area contributed by atoms with Crippen LogP contribution in [0, 0.1) is 0 Å². The molecule has 1 atom stereocenters. The first-order valence-electron chi connectivity index (χ1n) is 6.21. The van der Waals surface area contributed by atoms with Crippen molar-refractivity contribution in [2.24, 2.45) is 7.05 Å². The monoisotopic (exact) mass is 240 g/mol. The zero-order chi connectivity index (χ0) is 12.3. The summed E-state index contributed by atoms with van der Waals surface area (Å²) < 4.78 is 5.80. The number of hydrogen-bond acceptors (Lipinski definition) is 5. The van der Waals surface area contributed by atoms with Crippen LogP contribution in [0.1, 0.15) is 38.4 Å². The van der Waals surface area contributed by atoms with E-state index >= 15 is 0 Å². The summed E-state index contributed by atoms with van der Waals surface area (Å²) in [5, 5.41) is 22.1. The highest BCUT2D eigenvalue weighted by atomic mass is 16.5. The highest BCUT2D eigenvalue weighted by Crippen LogP contribution is 2.37. The Hall–Kier alpha value is -1.01. The maximum absolute atomic E-state index is 10.4. The predicted octanol–water partition coefficient (Wildman–Crippen LogP) is 0.463. The molecule has 1 saturated carbocycles. The molecule has 96 valence electrons. The maximum Gasteiger partial charge on any atom is 0.177 e. The molecule has 1 fully saturated rings. The molecule has 1 aliphatic rings. The maximum atomic E-state index is 10.4. The van der Waals surface area contributed by atoms with Crippen molar-refractivity contribution >= 4 is 0 Å². The lowest BCUT2D eigenvalue weighted by atomic mass is 9.92. The minimum absolute atomic E-state index is 0.395. The van der Waals surface area contributed by atoms with Crippen molar-refractivity contribution in [2.75, 3.05) is 6.61 Å². The highest BCUT2D eigenvalue weighted by molar-refractivity contribution is 4.97.